The van der Waals surface area contributed by atoms with Crippen molar-refractivity contribution >= 4 is 5.96 Å². The summed E-state index contributed by atoms with van der Waals surface area (Å²) in [6.07, 6.45) is 2.56. The van der Waals surface area contributed by atoms with Crippen LogP contribution >= 0.6 is 0 Å². The van der Waals surface area contributed by atoms with Crippen LogP contribution in [0.25, 0.3) is 0 Å². The molecule has 23 heavy (non-hydrogen) atoms. The van der Waals surface area contributed by atoms with Crippen LogP contribution in [0.15, 0.2) is 23.2 Å². The average Bonchev–Trinajstić information content (AvgIpc) is 2.53. The number of hydrogen-bond acceptors (Lipinski definition) is 2. The van der Waals surface area contributed by atoms with Crippen molar-refractivity contribution in [1.82, 2.24) is 15.5 Å². The molecule has 0 spiro atoms. The van der Waals surface area contributed by atoms with E-state index in [0.717, 1.165) is 31.5 Å². The third-order valence-electron chi connectivity index (χ3n) is 4.65. The highest BCUT2D eigenvalue weighted by Crippen LogP contribution is 2.15. The van der Waals surface area contributed by atoms with Gasteiger partial charge in [-0.3, -0.25) is 0 Å². The molecule has 0 amide bonds. The molecule has 1 aromatic carbocycles. The van der Waals surface area contributed by atoms with Gasteiger partial charge in [0.1, 0.15) is 0 Å². The first-order chi connectivity index (χ1) is 11.1. The first-order valence-corrected chi connectivity index (χ1v) is 8.85. The number of nitrogens with zero attached hydrogens (tertiary/aromatic N) is 2. The average molecular weight is 316 g/mol. The number of hydrogen-bond donors (Lipinski definition) is 2. The van der Waals surface area contributed by atoms with Gasteiger partial charge in [0.25, 0.3) is 0 Å². The van der Waals surface area contributed by atoms with Crippen LogP contribution in [0.4, 0.5) is 0 Å². The quantitative estimate of drug-likeness (QED) is 0.648. The molecule has 0 aromatic heterocycles. The minimum atomic E-state index is 0.731. The van der Waals surface area contributed by atoms with E-state index in [1.165, 1.54) is 42.6 Å². The SMILES string of the molecule is CCNC(=NCc1ccc(C)cc1C)NCC1CCN(C)CC1. The van der Waals surface area contributed by atoms with Crippen molar-refractivity contribution in [3.05, 3.63) is 34.9 Å². The fourth-order valence-electron chi connectivity index (χ4n) is 3.04. The lowest BCUT2D eigenvalue weighted by Crippen LogP contribution is -2.42. The summed E-state index contributed by atoms with van der Waals surface area (Å²) in [7, 11) is 2.21. The molecule has 1 fully saturated rings. The topological polar surface area (TPSA) is 39.7 Å². The lowest BCUT2D eigenvalue weighted by molar-refractivity contribution is 0.220. The second-order valence-electron chi connectivity index (χ2n) is 6.75. The van der Waals surface area contributed by atoms with E-state index in [-0.39, 0.29) is 0 Å². The van der Waals surface area contributed by atoms with Crippen molar-refractivity contribution in [3.63, 3.8) is 0 Å². The third kappa shape index (κ3) is 5.87. The smallest absolute Gasteiger partial charge is 0.191 e. The molecule has 1 aliphatic heterocycles. The molecule has 0 aliphatic carbocycles. The highest BCUT2D eigenvalue weighted by Gasteiger charge is 2.16. The van der Waals surface area contributed by atoms with E-state index in [1.54, 1.807) is 0 Å². The van der Waals surface area contributed by atoms with Crippen molar-refractivity contribution in [1.29, 1.82) is 0 Å². The van der Waals surface area contributed by atoms with E-state index in [1.807, 2.05) is 0 Å². The van der Waals surface area contributed by atoms with Crippen LogP contribution in [-0.4, -0.2) is 44.1 Å². The molecule has 0 unspecified atom stereocenters. The van der Waals surface area contributed by atoms with Gasteiger partial charge in [0.15, 0.2) is 5.96 Å². The zero-order valence-electron chi connectivity index (χ0n) is 15.2. The Bertz CT molecular complexity index is 516. The zero-order chi connectivity index (χ0) is 16.7. The summed E-state index contributed by atoms with van der Waals surface area (Å²) in [4.78, 5) is 7.17. The van der Waals surface area contributed by atoms with Gasteiger partial charge in [-0.1, -0.05) is 23.8 Å². The Kier molecular flexibility index (Phi) is 6.90. The summed E-state index contributed by atoms with van der Waals surface area (Å²) in [6, 6.07) is 6.58. The minimum absolute atomic E-state index is 0.731. The zero-order valence-corrected chi connectivity index (χ0v) is 15.2. The molecule has 0 bridgehead atoms. The molecule has 0 atom stereocenters. The van der Waals surface area contributed by atoms with Crippen molar-refractivity contribution in [2.75, 3.05) is 33.2 Å². The van der Waals surface area contributed by atoms with E-state index in [9.17, 15) is 0 Å². The Labute approximate surface area is 141 Å². The van der Waals surface area contributed by atoms with E-state index in [0.29, 0.717) is 0 Å². The van der Waals surface area contributed by atoms with Gasteiger partial charge < -0.3 is 15.5 Å². The lowest BCUT2D eigenvalue weighted by Gasteiger charge is -2.29. The summed E-state index contributed by atoms with van der Waals surface area (Å²) in [5.74, 6) is 1.70. The molecule has 0 radical (unpaired) electrons. The number of likely N-dealkylation sites (tertiary alicyclic amines) is 1. The maximum atomic E-state index is 4.76. The standard InChI is InChI=1S/C19H32N4/c1-5-20-19(21-13-17-8-10-23(4)11-9-17)22-14-18-7-6-15(2)12-16(18)3/h6-7,12,17H,5,8-11,13-14H2,1-4H3,(H2,20,21,22). The predicted octanol–water partition coefficient (Wildman–Crippen LogP) is 2.70. The number of guanidine groups is 1. The van der Waals surface area contributed by atoms with Gasteiger partial charge in [0.05, 0.1) is 6.54 Å². The van der Waals surface area contributed by atoms with Crippen LogP contribution in [0.3, 0.4) is 0 Å². The number of benzene rings is 1. The molecule has 1 saturated heterocycles. The van der Waals surface area contributed by atoms with Gasteiger partial charge >= 0.3 is 0 Å². The molecular formula is C19H32N4. The summed E-state index contributed by atoms with van der Waals surface area (Å²) in [6.45, 7) is 11.5. The molecule has 4 nitrogen and oxygen atoms in total. The number of nitrogens with one attached hydrogen (secondary N) is 2. The Morgan fingerprint density at radius 3 is 2.61 bits per heavy atom. The summed E-state index contributed by atoms with van der Waals surface area (Å²) in [5, 5.41) is 6.89. The minimum Gasteiger partial charge on any atom is -0.357 e. The van der Waals surface area contributed by atoms with Crippen molar-refractivity contribution in [2.24, 2.45) is 10.9 Å². The van der Waals surface area contributed by atoms with Crippen LogP contribution in [0.2, 0.25) is 0 Å². The Morgan fingerprint density at radius 2 is 1.96 bits per heavy atom. The van der Waals surface area contributed by atoms with Gasteiger partial charge in [-0.15, -0.1) is 0 Å². The van der Waals surface area contributed by atoms with Crippen LogP contribution in [0, 0.1) is 19.8 Å². The van der Waals surface area contributed by atoms with Gasteiger partial charge in [0, 0.05) is 13.1 Å². The second-order valence-corrected chi connectivity index (χ2v) is 6.75. The normalized spacial score (nSPS) is 17.3. The van der Waals surface area contributed by atoms with E-state index >= 15 is 0 Å². The summed E-state index contributed by atoms with van der Waals surface area (Å²) < 4.78 is 0. The van der Waals surface area contributed by atoms with E-state index in [2.05, 4.69) is 61.6 Å². The van der Waals surface area contributed by atoms with Gasteiger partial charge in [-0.2, -0.15) is 0 Å². The van der Waals surface area contributed by atoms with Crippen LogP contribution in [-0.2, 0) is 6.54 Å². The summed E-state index contributed by atoms with van der Waals surface area (Å²) in [5.41, 5.74) is 3.93. The Balaban J connectivity index is 1.89. The first kappa shape index (κ1) is 17.8. The molecule has 1 heterocycles. The third-order valence-corrected chi connectivity index (χ3v) is 4.65. The molecule has 0 saturated carbocycles. The molecule has 4 heteroatoms. The van der Waals surface area contributed by atoms with Crippen LogP contribution in [0.1, 0.15) is 36.5 Å². The summed E-state index contributed by atoms with van der Waals surface area (Å²) >= 11 is 0. The molecule has 2 rings (SSSR count). The largest absolute Gasteiger partial charge is 0.357 e. The van der Waals surface area contributed by atoms with Crippen molar-refractivity contribution < 1.29 is 0 Å². The van der Waals surface area contributed by atoms with Crippen LogP contribution in [0.5, 0.6) is 0 Å². The van der Waals surface area contributed by atoms with Gasteiger partial charge in [0.2, 0.25) is 0 Å². The lowest BCUT2D eigenvalue weighted by atomic mass is 9.97. The maximum absolute atomic E-state index is 4.76. The van der Waals surface area contributed by atoms with E-state index < -0.39 is 0 Å². The Hall–Kier alpha value is -1.55. The number of piperidine rings is 1. The number of aryl methyl sites for hydroxylation is 2. The highest BCUT2D eigenvalue weighted by atomic mass is 15.2. The van der Waals surface area contributed by atoms with Gasteiger partial charge in [-0.25, -0.2) is 4.99 Å². The Morgan fingerprint density at radius 1 is 1.22 bits per heavy atom. The molecule has 2 N–H and O–H groups in total. The fraction of sp³-hybridized carbons (Fsp3) is 0.632. The highest BCUT2D eigenvalue weighted by molar-refractivity contribution is 5.79. The van der Waals surface area contributed by atoms with Crippen LogP contribution < -0.4 is 10.6 Å². The predicted molar refractivity (Wildman–Crippen MR) is 99.0 cm³/mol. The van der Waals surface area contributed by atoms with Crippen molar-refractivity contribution in [2.45, 2.75) is 40.2 Å². The maximum Gasteiger partial charge on any atom is 0.191 e. The molecule has 1 aliphatic rings. The molecular weight excluding hydrogens is 284 g/mol. The first-order valence-electron chi connectivity index (χ1n) is 8.85. The molecule has 128 valence electrons. The molecule has 1 aromatic rings. The second kappa shape index (κ2) is 8.92. The fourth-order valence-corrected chi connectivity index (χ4v) is 3.04. The van der Waals surface area contributed by atoms with E-state index in [4.69, 9.17) is 4.99 Å². The number of rotatable bonds is 5. The monoisotopic (exact) mass is 316 g/mol. The van der Waals surface area contributed by atoms with Gasteiger partial charge in [-0.05, 0) is 70.8 Å². The van der Waals surface area contributed by atoms with Crippen molar-refractivity contribution in [3.8, 4) is 0 Å². The number of aliphatic imine (C=N–C) groups is 1.